The van der Waals surface area contributed by atoms with Crippen LogP contribution in [0, 0.1) is 17.8 Å². The van der Waals surface area contributed by atoms with E-state index in [2.05, 4.69) is 5.92 Å². The van der Waals surface area contributed by atoms with Crippen LogP contribution < -0.4 is 5.11 Å². The topological polar surface area (TPSA) is 40.1 Å². The fraction of sp³-hybridized carbons (Fsp3) is 0.571. The molecule has 0 heterocycles. The molecule has 0 saturated heterocycles. The molecule has 2 nitrogen and oxygen atoms in total. The quantitative estimate of drug-likeness (QED) is 0.455. The van der Waals surface area contributed by atoms with Gasteiger partial charge in [-0.2, -0.15) is 0 Å². The number of carbonyl (C=O) groups excluding carboxylic acids is 1. The van der Waals surface area contributed by atoms with Crippen molar-refractivity contribution in [2.45, 2.75) is 20.3 Å². The van der Waals surface area contributed by atoms with E-state index in [0.717, 1.165) is 6.42 Å². The van der Waals surface area contributed by atoms with E-state index >= 15 is 0 Å². The van der Waals surface area contributed by atoms with Crippen LogP contribution in [0.2, 0.25) is 0 Å². The highest BCUT2D eigenvalue weighted by Gasteiger charge is 1.87. The molecule has 0 aromatic rings. The van der Waals surface area contributed by atoms with Crippen LogP contribution in [0.15, 0.2) is 0 Å². The van der Waals surface area contributed by atoms with Gasteiger partial charge in [0.15, 0.2) is 0 Å². The third-order valence-electron chi connectivity index (χ3n) is 1.03. The minimum atomic E-state index is -1.30. The largest absolute Gasteiger partial charge is 0.537 e. The first-order chi connectivity index (χ1) is 4.16. The van der Waals surface area contributed by atoms with Crippen molar-refractivity contribution in [1.82, 2.24) is 0 Å². The Hall–Kier alpha value is -0.970. The molecular weight excluding hydrogens is 116 g/mol. The van der Waals surface area contributed by atoms with Crippen LogP contribution in [0.4, 0.5) is 0 Å². The zero-order valence-electron chi connectivity index (χ0n) is 5.60. The lowest BCUT2D eigenvalue weighted by atomic mass is 10.1. The highest BCUT2D eigenvalue weighted by Crippen LogP contribution is 1.95. The van der Waals surface area contributed by atoms with Gasteiger partial charge in [-0.25, -0.2) is 0 Å². The molecular formula is C7H9O2-. The van der Waals surface area contributed by atoms with Gasteiger partial charge in [0.2, 0.25) is 0 Å². The summed E-state index contributed by atoms with van der Waals surface area (Å²) in [7, 11) is 0. The summed E-state index contributed by atoms with van der Waals surface area (Å²) in [4.78, 5) is 9.73. The van der Waals surface area contributed by atoms with E-state index in [1.165, 1.54) is 0 Å². The van der Waals surface area contributed by atoms with Gasteiger partial charge >= 0.3 is 0 Å². The molecule has 1 unspecified atom stereocenters. The zero-order chi connectivity index (χ0) is 7.28. The molecule has 0 spiro atoms. The van der Waals surface area contributed by atoms with Crippen LogP contribution >= 0.6 is 0 Å². The zero-order valence-corrected chi connectivity index (χ0v) is 5.60. The van der Waals surface area contributed by atoms with Crippen LogP contribution in [-0.2, 0) is 4.79 Å². The maximum atomic E-state index is 9.73. The van der Waals surface area contributed by atoms with Crippen LogP contribution in [0.25, 0.3) is 0 Å². The van der Waals surface area contributed by atoms with Gasteiger partial charge in [0, 0.05) is 5.92 Å². The second-order valence-electron chi connectivity index (χ2n) is 1.87. The molecule has 0 N–H and O–H groups in total. The molecule has 0 fully saturated rings. The molecule has 0 saturated carbocycles. The van der Waals surface area contributed by atoms with Gasteiger partial charge in [0.1, 0.15) is 5.97 Å². The first-order valence-corrected chi connectivity index (χ1v) is 2.89. The van der Waals surface area contributed by atoms with E-state index in [1.807, 2.05) is 19.8 Å². The van der Waals surface area contributed by atoms with Gasteiger partial charge in [0.25, 0.3) is 0 Å². The van der Waals surface area contributed by atoms with Gasteiger partial charge in [-0.3, -0.25) is 0 Å². The highest BCUT2D eigenvalue weighted by atomic mass is 16.4. The number of aliphatic carboxylic acids is 1. The standard InChI is InChI=1S/C7H10O2/c1-3-6(2)4-5-7(8)9/h6H,3H2,1-2H3,(H,8,9)/p-1. The van der Waals surface area contributed by atoms with Gasteiger partial charge < -0.3 is 9.90 Å². The molecule has 0 rings (SSSR count). The molecule has 0 amide bonds. The summed E-state index contributed by atoms with van der Waals surface area (Å²) in [5.74, 6) is 3.33. The molecule has 0 aromatic carbocycles. The Morgan fingerprint density at radius 2 is 2.33 bits per heavy atom. The predicted octanol–water partition coefficient (Wildman–Crippen LogP) is -0.214. The SMILES string of the molecule is CCC(C)C#CC(=O)[O-]. The van der Waals surface area contributed by atoms with Crippen molar-refractivity contribution >= 4 is 5.97 Å². The van der Waals surface area contributed by atoms with Crippen LogP contribution in [0.3, 0.4) is 0 Å². The van der Waals surface area contributed by atoms with E-state index in [-0.39, 0.29) is 5.92 Å². The first-order valence-electron chi connectivity index (χ1n) is 2.89. The monoisotopic (exact) mass is 125 g/mol. The molecule has 2 heteroatoms. The van der Waals surface area contributed by atoms with E-state index in [9.17, 15) is 9.90 Å². The second kappa shape index (κ2) is 3.96. The van der Waals surface area contributed by atoms with Crippen molar-refractivity contribution in [2.75, 3.05) is 0 Å². The Balaban J connectivity index is 3.72. The molecule has 50 valence electrons. The Bertz CT molecular complexity index is 150. The smallest absolute Gasteiger partial charge is 0.116 e. The molecule has 0 radical (unpaired) electrons. The van der Waals surface area contributed by atoms with Crippen LogP contribution in [0.5, 0.6) is 0 Å². The first kappa shape index (κ1) is 8.03. The van der Waals surface area contributed by atoms with Crippen molar-refractivity contribution in [3.63, 3.8) is 0 Å². The average molecular weight is 125 g/mol. The number of rotatable bonds is 1. The highest BCUT2D eigenvalue weighted by molar-refractivity contribution is 5.84. The average Bonchev–Trinajstić information content (AvgIpc) is 1.83. The molecule has 0 aliphatic carbocycles. The summed E-state index contributed by atoms with van der Waals surface area (Å²) >= 11 is 0. The summed E-state index contributed by atoms with van der Waals surface area (Å²) in [5.41, 5.74) is 0. The number of hydrogen-bond acceptors (Lipinski definition) is 2. The Morgan fingerprint density at radius 1 is 1.78 bits per heavy atom. The van der Waals surface area contributed by atoms with Gasteiger partial charge in [0.05, 0.1) is 0 Å². The third-order valence-corrected chi connectivity index (χ3v) is 1.03. The Labute approximate surface area is 54.9 Å². The molecule has 0 aliphatic rings. The van der Waals surface area contributed by atoms with Crippen molar-refractivity contribution in [3.05, 3.63) is 0 Å². The summed E-state index contributed by atoms with van der Waals surface area (Å²) in [6.07, 6.45) is 0.875. The van der Waals surface area contributed by atoms with Gasteiger partial charge in [-0.1, -0.05) is 19.8 Å². The fourth-order valence-corrected chi connectivity index (χ4v) is 0.284. The maximum Gasteiger partial charge on any atom is 0.116 e. The lowest BCUT2D eigenvalue weighted by molar-refractivity contribution is -0.295. The molecule has 0 aromatic heterocycles. The summed E-state index contributed by atoms with van der Waals surface area (Å²) in [5, 5.41) is 9.73. The summed E-state index contributed by atoms with van der Waals surface area (Å²) < 4.78 is 0. The van der Waals surface area contributed by atoms with Gasteiger partial charge in [-0.15, -0.1) is 0 Å². The minimum absolute atomic E-state index is 0.155. The van der Waals surface area contributed by atoms with E-state index < -0.39 is 5.97 Å². The van der Waals surface area contributed by atoms with E-state index in [1.54, 1.807) is 0 Å². The molecule has 9 heavy (non-hydrogen) atoms. The normalized spacial score (nSPS) is 11.3. The van der Waals surface area contributed by atoms with Crippen molar-refractivity contribution in [1.29, 1.82) is 0 Å². The summed E-state index contributed by atoms with van der Waals surface area (Å²) in [6.45, 7) is 3.82. The Morgan fingerprint density at radius 3 is 2.67 bits per heavy atom. The van der Waals surface area contributed by atoms with Crippen molar-refractivity contribution in [2.24, 2.45) is 5.92 Å². The molecule has 0 bridgehead atoms. The van der Waals surface area contributed by atoms with Crippen LogP contribution in [-0.4, -0.2) is 5.97 Å². The lowest BCUT2D eigenvalue weighted by Gasteiger charge is -1.93. The minimum Gasteiger partial charge on any atom is -0.537 e. The van der Waals surface area contributed by atoms with Crippen LogP contribution in [0.1, 0.15) is 20.3 Å². The third kappa shape index (κ3) is 4.89. The van der Waals surface area contributed by atoms with Gasteiger partial charge in [-0.05, 0) is 12.3 Å². The maximum absolute atomic E-state index is 9.73. The number of carbonyl (C=O) groups is 1. The molecule has 0 aliphatic heterocycles. The lowest BCUT2D eigenvalue weighted by Crippen LogP contribution is -2.19. The number of carboxylic acid groups (broad SMARTS) is 1. The van der Waals surface area contributed by atoms with E-state index in [4.69, 9.17) is 0 Å². The van der Waals surface area contributed by atoms with Crippen molar-refractivity contribution < 1.29 is 9.90 Å². The Kier molecular flexibility index (Phi) is 3.54. The molecule has 1 atom stereocenters. The summed E-state index contributed by atoms with van der Waals surface area (Å²) in [6, 6.07) is 0. The number of carboxylic acids is 1. The predicted molar refractivity (Wildman–Crippen MR) is 32.2 cm³/mol. The fourth-order valence-electron chi connectivity index (χ4n) is 0.284. The second-order valence-corrected chi connectivity index (χ2v) is 1.87. The van der Waals surface area contributed by atoms with Crippen molar-refractivity contribution in [3.8, 4) is 11.8 Å². The van der Waals surface area contributed by atoms with E-state index in [0.29, 0.717) is 0 Å². The number of hydrogen-bond donors (Lipinski definition) is 0.